The lowest BCUT2D eigenvalue weighted by molar-refractivity contribution is 0.162. The quantitative estimate of drug-likeness (QED) is 0.676. The normalized spacial score (nSPS) is 15.8. The molecule has 0 bridgehead atoms. The first-order valence-electron chi connectivity index (χ1n) is 8.22. The van der Waals surface area contributed by atoms with Gasteiger partial charge in [-0.3, -0.25) is 4.98 Å². The first kappa shape index (κ1) is 17.2. The lowest BCUT2D eigenvalue weighted by Gasteiger charge is -2.32. The third kappa shape index (κ3) is 4.31. The van der Waals surface area contributed by atoms with Gasteiger partial charge in [0.25, 0.3) is 0 Å². The molecular weight excluding hydrogens is 246 g/mol. The van der Waals surface area contributed by atoms with Gasteiger partial charge in [-0.15, -0.1) is 0 Å². The summed E-state index contributed by atoms with van der Waals surface area (Å²) >= 11 is 0. The van der Waals surface area contributed by atoms with Crippen LogP contribution in [0.1, 0.15) is 90.0 Å². The highest BCUT2D eigenvalue weighted by atomic mass is 16.3. The highest BCUT2D eigenvalue weighted by Crippen LogP contribution is 2.37. The summed E-state index contributed by atoms with van der Waals surface area (Å²) in [6, 6.07) is 4.01. The first-order valence-corrected chi connectivity index (χ1v) is 8.22. The SMILES string of the molecule is CCCCC(C)(CCC)c1ncccc1C(O)CCC. The standard InChI is InChI=1S/C18H31NO/c1-5-8-13-18(4,12-7-3)17-15(11-9-14-19-17)16(20)10-6-2/h9,11,14,16,20H,5-8,10,12-13H2,1-4H3. The number of aromatic nitrogens is 1. The molecule has 0 aromatic carbocycles. The topological polar surface area (TPSA) is 33.1 Å². The average Bonchev–Trinajstić information content (AvgIpc) is 2.46. The molecule has 20 heavy (non-hydrogen) atoms. The van der Waals surface area contributed by atoms with Crippen molar-refractivity contribution in [2.75, 3.05) is 0 Å². The zero-order valence-corrected chi connectivity index (χ0v) is 13.7. The number of aliphatic hydroxyl groups is 1. The van der Waals surface area contributed by atoms with Crippen molar-refractivity contribution in [2.24, 2.45) is 0 Å². The maximum absolute atomic E-state index is 10.4. The minimum atomic E-state index is -0.374. The number of aliphatic hydroxyl groups excluding tert-OH is 1. The van der Waals surface area contributed by atoms with E-state index in [9.17, 15) is 5.11 Å². The van der Waals surface area contributed by atoms with E-state index in [1.165, 1.54) is 12.8 Å². The Balaban J connectivity index is 3.12. The fourth-order valence-corrected chi connectivity index (χ4v) is 3.10. The van der Waals surface area contributed by atoms with E-state index in [1.54, 1.807) is 0 Å². The van der Waals surface area contributed by atoms with E-state index in [4.69, 9.17) is 0 Å². The zero-order valence-electron chi connectivity index (χ0n) is 13.7. The van der Waals surface area contributed by atoms with Gasteiger partial charge in [0.2, 0.25) is 0 Å². The van der Waals surface area contributed by atoms with Crippen LogP contribution in [0.15, 0.2) is 18.3 Å². The summed E-state index contributed by atoms with van der Waals surface area (Å²) in [6.07, 6.45) is 9.17. The highest BCUT2D eigenvalue weighted by molar-refractivity contribution is 5.29. The van der Waals surface area contributed by atoms with Crippen LogP contribution in [-0.2, 0) is 5.41 Å². The van der Waals surface area contributed by atoms with Crippen LogP contribution in [0.25, 0.3) is 0 Å². The molecule has 2 atom stereocenters. The summed E-state index contributed by atoms with van der Waals surface area (Å²) in [5, 5.41) is 10.4. The number of pyridine rings is 1. The molecule has 2 nitrogen and oxygen atoms in total. The maximum Gasteiger partial charge on any atom is 0.0807 e. The van der Waals surface area contributed by atoms with E-state index >= 15 is 0 Å². The predicted molar refractivity (Wildman–Crippen MR) is 85.9 cm³/mol. The molecule has 0 aliphatic carbocycles. The van der Waals surface area contributed by atoms with Crippen LogP contribution in [0.5, 0.6) is 0 Å². The van der Waals surface area contributed by atoms with Gasteiger partial charge in [-0.2, -0.15) is 0 Å². The van der Waals surface area contributed by atoms with E-state index in [-0.39, 0.29) is 11.5 Å². The van der Waals surface area contributed by atoms with Gasteiger partial charge < -0.3 is 5.11 Å². The molecule has 1 N–H and O–H groups in total. The second-order valence-electron chi connectivity index (χ2n) is 6.16. The molecule has 0 saturated carbocycles. The van der Waals surface area contributed by atoms with Crippen LogP contribution in [-0.4, -0.2) is 10.1 Å². The summed E-state index contributed by atoms with van der Waals surface area (Å²) < 4.78 is 0. The summed E-state index contributed by atoms with van der Waals surface area (Å²) in [6.45, 7) is 8.89. The summed E-state index contributed by atoms with van der Waals surface area (Å²) in [7, 11) is 0. The first-order chi connectivity index (χ1) is 9.59. The lowest BCUT2D eigenvalue weighted by atomic mass is 9.75. The van der Waals surface area contributed by atoms with Crippen LogP contribution in [0.3, 0.4) is 0 Å². The third-order valence-corrected chi connectivity index (χ3v) is 4.22. The molecule has 1 rings (SSSR count). The summed E-state index contributed by atoms with van der Waals surface area (Å²) in [4.78, 5) is 4.67. The number of unbranched alkanes of at least 4 members (excludes halogenated alkanes) is 1. The van der Waals surface area contributed by atoms with Crippen molar-refractivity contribution < 1.29 is 5.11 Å². The van der Waals surface area contributed by atoms with Crippen molar-refractivity contribution in [1.82, 2.24) is 4.98 Å². The van der Waals surface area contributed by atoms with E-state index in [0.717, 1.165) is 43.4 Å². The van der Waals surface area contributed by atoms with Gasteiger partial charge in [0.1, 0.15) is 0 Å². The molecule has 0 aliphatic rings. The minimum Gasteiger partial charge on any atom is -0.388 e. The van der Waals surface area contributed by atoms with Gasteiger partial charge in [-0.05, 0) is 25.3 Å². The van der Waals surface area contributed by atoms with E-state index in [2.05, 4.69) is 38.7 Å². The van der Waals surface area contributed by atoms with E-state index in [1.807, 2.05) is 12.3 Å². The van der Waals surface area contributed by atoms with Crippen molar-refractivity contribution in [3.63, 3.8) is 0 Å². The van der Waals surface area contributed by atoms with E-state index in [0.29, 0.717) is 0 Å². The molecule has 1 aromatic heterocycles. The fourth-order valence-electron chi connectivity index (χ4n) is 3.10. The summed E-state index contributed by atoms with van der Waals surface area (Å²) in [5.41, 5.74) is 2.26. The van der Waals surface area contributed by atoms with Gasteiger partial charge >= 0.3 is 0 Å². The average molecular weight is 277 g/mol. The van der Waals surface area contributed by atoms with Crippen LogP contribution in [0.4, 0.5) is 0 Å². The molecule has 114 valence electrons. The van der Waals surface area contributed by atoms with Gasteiger partial charge in [-0.1, -0.05) is 59.4 Å². The van der Waals surface area contributed by atoms with Crippen molar-refractivity contribution >= 4 is 0 Å². The van der Waals surface area contributed by atoms with Crippen LogP contribution >= 0.6 is 0 Å². The minimum absolute atomic E-state index is 0.0933. The van der Waals surface area contributed by atoms with Crippen LogP contribution in [0.2, 0.25) is 0 Å². The largest absolute Gasteiger partial charge is 0.388 e. The van der Waals surface area contributed by atoms with Gasteiger partial charge in [-0.25, -0.2) is 0 Å². The van der Waals surface area contributed by atoms with Crippen LogP contribution in [0, 0.1) is 0 Å². The third-order valence-electron chi connectivity index (χ3n) is 4.22. The van der Waals surface area contributed by atoms with Crippen molar-refractivity contribution in [2.45, 2.75) is 84.2 Å². The molecule has 1 aromatic rings. The fraction of sp³-hybridized carbons (Fsp3) is 0.722. The Kier molecular flexibility index (Phi) is 7.22. The Labute approximate surface area is 124 Å². The number of rotatable bonds is 9. The molecule has 2 heteroatoms. The van der Waals surface area contributed by atoms with Crippen molar-refractivity contribution in [3.05, 3.63) is 29.6 Å². The van der Waals surface area contributed by atoms with Gasteiger partial charge in [0.05, 0.1) is 11.8 Å². The van der Waals surface area contributed by atoms with Crippen molar-refractivity contribution in [3.8, 4) is 0 Å². The number of hydrogen-bond donors (Lipinski definition) is 1. The molecule has 0 saturated heterocycles. The number of nitrogens with zero attached hydrogens (tertiary/aromatic N) is 1. The molecule has 0 spiro atoms. The molecule has 0 aliphatic heterocycles. The maximum atomic E-state index is 10.4. The molecule has 0 fully saturated rings. The molecule has 0 amide bonds. The predicted octanol–water partition coefficient (Wildman–Crippen LogP) is 5.16. The Morgan fingerprint density at radius 2 is 1.90 bits per heavy atom. The molecule has 0 radical (unpaired) electrons. The zero-order chi connectivity index (χ0) is 15.0. The highest BCUT2D eigenvalue weighted by Gasteiger charge is 2.30. The Bertz CT molecular complexity index is 391. The van der Waals surface area contributed by atoms with Gasteiger partial charge in [0.15, 0.2) is 0 Å². The Morgan fingerprint density at radius 3 is 2.50 bits per heavy atom. The van der Waals surface area contributed by atoms with E-state index < -0.39 is 0 Å². The lowest BCUT2D eigenvalue weighted by Crippen LogP contribution is -2.26. The molecule has 2 unspecified atom stereocenters. The molecular formula is C18H31NO. The number of hydrogen-bond acceptors (Lipinski definition) is 2. The summed E-state index contributed by atoms with van der Waals surface area (Å²) in [5.74, 6) is 0. The Morgan fingerprint density at radius 1 is 1.15 bits per heavy atom. The smallest absolute Gasteiger partial charge is 0.0807 e. The molecule has 1 heterocycles. The monoisotopic (exact) mass is 277 g/mol. The second-order valence-corrected chi connectivity index (χ2v) is 6.16. The van der Waals surface area contributed by atoms with Crippen LogP contribution < -0.4 is 0 Å². The van der Waals surface area contributed by atoms with Gasteiger partial charge in [0, 0.05) is 17.2 Å². The van der Waals surface area contributed by atoms with Crippen molar-refractivity contribution in [1.29, 1.82) is 0 Å². The Hall–Kier alpha value is -0.890. The second kappa shape index (κ2) is 8.41.